The molecule has 0 saturated carbocycles. The van der Waals surface area contributed by atoms with Crippen LogP contribution in [0.2, 0.25) is 0 Å². The Kier molecular flexibility index (Phi) is 6.57. The van der Waals surface area contributed by atoms with Gasteiger partial charge in [0, 0.05) is 19.6 Å². The number of hydrogen-bond acceptors (Lipinski definition) is 8. The monoisotopic (exact) mass is 454 g/mol. The van der Waals surface area contributed by atoms with Crippen LogP contribution in [-0.4, -0.2) is 51.5 Å². The van der Waals surface area contributed by atoms with E-state index >= 15 is 0 Å². The van der Waals surface area contributed by atoms with E-state index in [-0.39, 0.29) is 30.9 Å². The van der Waals surface area contributed by atoms with Gasteiger partial charge >= 0.3 is 0 Å². The maximum atomic E-state index is 13.6. The normalized spacial score (nSPS) is 11.8. The van der Waals surface area contributed by atoms with Crippen molar-refractivity contribution in [1.29, 1.82) is 0 Å². The van der Waals surface area contributed by atoms with Crippen molar-refractivity contribution in [1.82, 2.24) is 9.88 Å². The number of benzene rings is 2. The number of hydrogen-bond donors (Lipinski definition) is 3. The Balaban J connectivity index is 1.94. The van der Waals surface area contributed by atoms with Crippen LogP contribution in [0.25, 0.3) is 31.8 Å². The van der Waals surface area contributed by atoms with Crippen LogP contribution in [0.1, 0.15) is 23.8 Å². The van der Waals surface area contributed by atoms with Gasteiger partial charge in [-0.2, -0.15) is 0 Å². The lowest BCUT2D eigenvalue weighted by Gasteiger charge is -2.22. The molecule has 0 aliphatic rings. The lowest BCUT2D eigenvalue weighted by molar-refractivity contribution is 0.155. The second-order valence-electron chi connectivity index (χ2n) is 7.67. The standard InChI is InChI=1S/C24H26N2O5S/c1-3-15-12-16-22(30)20(24-25-18-6-4-5-7-19(18)32-24)14(2)31-23(16)17(21(15)29)13-26(8-10-27)9-11-28/h4-7,12,27-29H,3,8-11,13H2,1-2H3. The molecule has 0 amide bonds. The fourth-order valence-electron chi connectivity index (χ4n) is 3.98. The van der Waals surface area contributed by atoms with E-state index in [1.165, 1.54) is 11.3 Å². The summed E-state index contributed by atoms with van der Waals surface area (Å²) in [6, 6.07) is 9.42. The summed E-state index contributed by atoms with van der Waals surface area (Å²) in [5.41, 5.74) is 2.53. The van der Waals surface area contributed by atoms with Crippen molar-refractivity contribution in [3.8, 4) is 16.3 Å². The van der Waals surface area contributed by atoms with Crippen molar-refractivity contribution in [2.45, 2.75) is 26.8 Å². The molecule has 4 rings (SSSR count). The Hall–Kier alpha value is -2.78. The van der Waals surface area contributed by atoms with Gasteiger partial charge in [-0.05, 0) is 37.1 Å². The highest BCUT2D eigenvalue weighted by molar-refractivity contribution is 7.21. The number of aryl methyl sites for hydroxylation is 2. The third-order valence-corrected chi connectivity index (χ3v) is 6.66. The minimum atomic E-state index is -0.186. The van der Waals surface area contributed by atoms with E-state index in [0.717, 1.165) is 10.2 Å². The molecule has 0 radical (unpaired) electrons. The Morgan fingerprint density at radius 3 is 2.53 bits per heavy atom. The van der Waals surface area contributed by atoms with Gasteiger partial charge in [-0.25, -0.2) is 4.98 Å². The lowest BCUT2D eigenvalue weighted by atomic mass is 10.00. The molecular formula is C24H26N2O5S. The van der Waals surface area contributed by atoms with E-state index in [0.29, 0.717) is 57.9 Å². The molecule has 0 bridgehead atoms. The molecule has 0 spiro atoms. The number of aliphatic hydroxyl groups excluding tert-OH is 2. The summed E-state index contributed by atoms with van der Waals surface area (Å²) in [6.45, 7) is 4.35. The number of thiazole rings is 1. The van der Waals surface area contributed by atoms with Crippen LogP contribution in [-0.2, 0) is 13.0 Å². The van der Waals surface area contributed by atoms with Crippen LogP contribution >= 0.6 is 11.3 Å². The highest BCUT2D eigenvalue weighted by atomic mass is 32.1. The zero-order valence-corrected chi connectivity index (χ0v) is 18.9. The molecule has 0 fully saturated rings. The van der Waals surface area contributed by atoms with E-state index in [1.807, 2.05) is 36.1 Å². The number of aromatic hydroxyl groups is 1. The Labute approximate surface area is 189 Å². The quantitative estimate of drug-likeness (QED) is 0.374. The van der Waals surface area contributed by atoms with Gasteiger partial charge in [0.25, 0.3) is 0 Å². The van der Waals surface area contributed by atoms with Crippen LogP contribution in [0.4, 0.5) is 0 Å². The molecule has 2 aromatic heterocycles. The highest BCUT2D eigenvalue weighted by Gasteiger charge is 2.23. The summed E-state index contributed by atoms with van der Waals surface area (Å²) < 4.78 is 7.14. The first-order chi connectivity index (χ1) is 15.5. The molecule has 2 aromatic carbocycles. The minimum absolute atomic E-state index is 0.0798. The van der Waals surface area contributed by atoms with Gasteiger partial charge in [-0.3, -0.25) is 9.69 Å². The topological polar surface area (TPSA) is 107 Å². The largest absolute Gasteiger partial charge is 0.507 e. The molecule has 4 aromatic rings. The van der Waals surface area contributed by atoms with Crippen molar-refractivity contribution >= 4 is 32.5 Å². The smallest absolute Gasteiger partial charge is 0.203 e. The number of rotatable bonds is 8. The van der Waals surface area contributed by atoms with Crippen molar-refractivity contribution in [3.63, 3.8) is 0 Å². The predicted molar refractivity (Wildman–Crippen MR) is 126 cm³/mol. The number of aromatic nitrogens is 1. The maximum absolute atomic E-state index is 13.6. The van der Waals surface area contributed by atoms with Gasteiger partial charge in [0.1, 0.15) is 22.1 Å². The first-order valence-electron chi connectivity index (χ1n) is 10.6. The minimum Gasteiger partial charge on any atom is -0.507 e. The molecule has 0 aliphatic heterocycles. The summed E-state index contributed by atoms with van der Waals surface area (Å²) in [4.78, 5) is 20.1. The summed E-state index contributed by atoms with van der Waals surface area (Å²) >= 11 is 1.44. The summed E-state index contributed by atoms with van der Waals surface area (Å²) in [5.74, 6) is 0.512. The first-order valence-corrected chi connectivity index (χ1v) is 11.4. The van der Waals surface area contributed by atoms with Crippen molar-refractivity contribution in [3.05, 3.63) is 57.4 Å². The molecular weight excluding hydrogens is 428 g/mol. The number of aliphatic hydroxyl groups is 2. The van der Waals surface area contributed by atoms with E-state index < -0.39 is 0 Å². The molecule has 168 valence electrons. The predicted octanol–water partition coefficient (Wildman–Crippen LogP) is 3.43. The van der Waals surface area contributed by atoms with Crippen LogP contribution in [0.3, 0.4) is 0 Å². The zero-order valence-electron chi connectivity index (χ0n) is 18.1. The molecule has 0 saturated heterocycles. The van der Waals surface area contributed by atoms with Gasteiger partial charge in [0.15, 0.2) is 0 Å². The van der Waals surface area contributed by atoms with Crippen LogP contribution in [0.15, 0.2) is 39.5 Å². The fourth-order valence-corrected chi connectivity index (χ4v) is 5.03. The molecule has 2 heterocycles. The van der Waals surface area contributed by atoms with Gasteiger partial charge in [-0.1, -0.05) is 19.1 Å². The van der Waals surface area contributed by atoms with Crippen LogP contribution in [0.5, 0.6) is 5.75 Å². The van der Waals surface area contributed by atoms with Gasteiger partial charge in [0.2, 0.25) is 5.43 Å². The second kappa shape index (κ2) is 9.38. The van der Waals surface area contributed by atoms with Gasteiger partial charge in [0.05, 0.1) is 39.9 Å². The SMILES string of the molecule is CCc1cc2c(=O)c(-c3nc4ccccc4s3)c(C)oc2c(CN(CCO)CCO)c1O. The number of nitrogens with zero attached hydrogens (tertiary/aromatic N) is 2. The summed E-state index contributed by atoms with van der Waals surface area (Å²) in [5, 5.41) is 30.6. The van der Waals surface area contributed by atoms with Crippen molar-refractivity contribution in [2.24, 2.45) is 0 Å². The Bertz CT molecular complexity index is 1290. The molecule has 0 aliphatic carbocycles. The van der Waals surface area contributed by atoms with Gasteiger partial charge < -0.3 is 19.7 Å². The van der Waals surface area contributed by atoms with E-state index in [4.69, 9.17) is 4.42 Å². The highest BCUT2D eigenvalue weighted by Crippen LogP contribution is 2.36. The van der Waals surface area contributed by atoms with Crippen LogP contribution < -0.4 is 5.43 Å². The van der Waals surface area contributed by atoms with E-state index in [2.05, 4.69) is 4.98 Å². The lowest BCUT2D eigenvalue weighted by Crippen LogP contribution is -2.29. The molecule has 32 heavy (non-hydrogen) atoms. The molecule has 0 atom stereocenters. The third kappa shape index (κ3) is 4.02. The Morgan fingerprint density at radius 2 is 1.88 bits per heavy atom. The molecule has 7 nitrogen and oxygen atoms in total. The van der Waals surface area contributed by atoms with Gasteiger partial charge in [-0.15, -0.1) is 11.3 Å². The molecule has 8 heteroatoms. The maximum Gasteiger partial charge on any atom is 0.203 e. The van der Waals surface area contributed by atoms with Crippen molar-refractivity contribution < 1.29 is 19.7 Å². The molecule has 3 N–H and O–H groups in total. The van der Waals surface area contributed by atoms with Crippen LogP contribution in [0, 0.1) is 6.92 Å². The average molecular weight is 455 g/mol. The number of phenolic OH excluding ortho intramolecular Hbond substituents is 1. The first kappa shape index (κ1) is 22.4. The Morgan fingerprint density at radius 1 is 1.16 bits per heavy atom. The zero-order chi connectivity index (χ0) is 22.8. The fraction of sp³-hybridized carbons (Fsp3) is 0.333. The van der Waals surface area contributed by atoms with Crippen molar-refractivity contribution in [2.75, 3.05) is 26.3 Å². The number of phenols is 1. The molecule has 0 unspecified atom stereocenters. The number of fused-ring (bicyclic) bond motifs is 2. The van der Waals surface area contributed by atoms with E-state index in [9.17, 15) is 20.1 Å². The average Bonchev–Trinajstić information content (AvgIpc) is 3.19. The third-order valence-electron chi connectivity index (χ3n) is 5.61. The second-order valence-corrected chi connectivity index (χ2v) is 8.70. The summed E-state index contributed by atoms with van der Waals surface area (Å²) in [7, 11) is 0. The van der Waals surface area contributed by atoms with E-state index in [1.54, 1.807) is 13.0 Å². The number of para-hydroxylation sites is 1. The summed E-state index contributed by atoms with van der Waals surface area (Å²) in [6.07, 6.45) is 0.540.